The predicted molar refractivity (Wildman–Crippen MR) is 78.1 cm³/mol. The maximum atomic E-state index is 10.9. The van der Waals surface area contributed by atoms with Gasteiger partial charge in [-0.05, 0) is 18.4 Å². The molecule has 0 saturated carbocycles. The molecule has 0 fully saturated rings. The highest BCUT2D eigenvalue weighted by atomic mass is 35.6. The van der Waals surface area contributed by atoms with Gasteiger partial charge in [-0.1, -0.05) is 54.7 Å². The highest BCUT2D eigenvalue weighted by Gasteiger charge is 2.28. The lowest BCUT2D eigenvalue weighted by molar-refractivity contribution is -0.145. The Labute approximate surface area is 128 Å². The van der Waals surface area contributed by atoms with Gasteiger partial charge in [0.2, 0.25) is 5.90 Å². The quantitative estimate of drug-likeness (QED) is 0.201. The van der Waals surface area contributed by atoms with Crippen molar-refractivity contribution in [3.63, 3.8) is 0 Å². The molecule has 0 aliphatic carbocycles. The van der Waals surface area contributed by atoms with E-state index in [1.807, 2.05) is 13.8 Å². The summed E-state index contributed by atoms with van der Waals surface area (Å²) in [5.74, 6) is -0.551. The summed E-state index contributed by atoms with van der Waals surface area (Å²) in [6.45, 7) is 5.49. The Balaban J connectivity index is 4.07. The fourth-order valence-corrected chi connectivity index (χ4v) is 1.29. The molecule has 0 saturated heterocycles. The normalized spacial score (nSPS) is 13.6. The summed E-state index contributed by atoms with van der Waals surface area (Å²) in [5, 5.41) is 7.31. The van der Waals surface area contributed by atoms with E-state index >= 15 is 0 Å². The van der Waals surface area contributed by atoms with Gasteiger partial charge in [0, 0.05) is 6.92 Å². The van der Waals surface area contributed by atoms with Crippen LogP contribution in [0.4, 0.5) is 0 Å². The fraction of sp³-hybridized carbons (Fsp3) is 0.667. The lowest BCUT2D eigenvalue weighted by atomic mass is 10.1. The molecule has 1 N–H and O–H groups in total. The van der Waals surface area contributed by atoms with Crippen LogP contribution in [0.5, 0.6) is 0 Å². The number of alkyl halides is 3. The first kappa shape index (κ1) is 18.6. The average molecular weight is 331 g/mol. The van der Waals surface area contributed by atoms with Gasteiger partial charge in [-0.2, -0.15) is 0 Å². The molecule has 0 aliphatic heterocycles. The third-order valence-corrected chi connectivity index (χ3v) is 2.59. The Kier molecular flexibility index (Phi) is 8.46. The molecule has 0 aromatic rings. The van der Waals surface area contributed by atoms with E-state index < -0.39 is 9.69 Å². The lowest BCUT2D eigenvalue weighted by Gasteiger charge is -2.16. The van der Waals surface area contributed by atoms with E-state index in [-0.39, 0.29) is 24.6 Å². The van der Waals surface area contributed by atoms with Crippen LogP contribution in [0.25, 0.3) is 0 Å². The van der Waals surface area contributed by atoms with Crippen LogP contribution in [0.2, 0.25) is 0 Å². The van der Waals surface area contributed by atoms with Crippen molar-refractivity contribution < 1.29 is 14.3 Å². The second kappa shape index (κ2) is 8.67. The first-order valence-electron chi connectivity index (χ1n) is 5.77. The number of rotatable bonds is 6. The molecule has 0 rings (SSSR count). The van der Waals surface area contributed by atoms with Gasteiger partial charge in [-0.25, -0.2) is 0 Å². The zero-order valence-electron chi connectivity index (χ0n) is 11.1. The standard InChI is InChI=1S/C12H18Cl3NO3/c1-8(2)10(19-9(3)17)6-4-5-7-18-11(16)12(13,14)15/h4,6,8,10,16H,5,7H2,1-3H3/b6-4-,16-11?. The lowest BCUT2D eigenvalue weighted by Crippen LogP contribution is -2.21. The molecule has 0 spiro atoms. The van der Waals surface area contributed by atoms with Crippen molar-refractivity contribution in [2.45, 2.75) is 37.1 Å². The van der Waals surface area contributed by atoms with Gasteiger partial charge in [0.25, 0.3) is 3.79 Å². The molecule has 0 heterocycles. The Hall–Kier alpha value is -0.450. The van der Waals surface area contributed by atoms with Crippen molar-refractivity contribution >= 4 is 46.7 Å². The van der Waals surface area contributed by atoms with Crippen LogP contribution in [-0.2, 0) is 14.3 Å². The molecular weight excluding hydrogens is 312 g/mol. The predicted octanol–water partition coefficient (Wildman–Crippen LogP) is 3.88. The van der Waals surface area contributed by atoms with Crippen LogP contribution in [0.1, 0.15) is 27.2 Å². The topological polar surface area (TPSA) is 59.4 Å². The maximum absolute atomic E-state index is 10.9. The second-order valence-corrected chi connectivity index (χ2v) is 6.49. The molecule has 0 amide bonds. The van der Waals surface area contributed by atoms with E-state index in [1.165, 1.54) is 6.92 Å². The van der Waals surface area contributed by atoms with Crippen LogP contribution < -0.4 is 0 Å². The minimum atomic E-state index is -1.83. The highest BCUT2D eigenvalue weighted by Crippen LogP contribution is 2.27. The number of esters is 1. The summed E-state index contributed by atoms with van der Waals surface area (Å²) in [6, 6.07) is 0. The largest absolute Gasteiger partial charge is 0.478 e. The molecule has 1 unspecified atom stereocenters. The molecule has 110 valence electrons. The van der Waals surface area contributed by atoms with Crippen molar-refractivity contribution in [3.8, 4) is 0 Å². The van der Waals surface area contributed by atoms with Crippen LogP contribution in [0, 0.1) is 11.3 Å². The summed E-state index contributed by atoms with van der Waals surface area (Å²) < 4.78 is 8.25. The Morgan fingerprint density at radius 3 is 2.37 bits per heavy atom. The zero-order valence-corrected chi connectivity index (χ0v) is 13.4. The third-order valence-electron chi connectivity index (χ3n) is 2.07. The number of carbonyl (C=O) groups is 1. The van der Waals surface area contributed by atoms with Gasteiger partial charge in [-0.3, -0.25) is 10.2 Å². The molecule has 0 radical (unpaired) electrons. The first-order valence-corrected chi connectivity index (χ1v) is 6.90. The van der Waals surface area contributed by atoms with Gasteiger partial charge in [-0.15, -0.1) is 0 Å². The maximum Gasteiger partial charge on any atom is 0.303 e. The molecule has 19 heavy (non-hydrogen) atoms. The SMILES string of the molecule is CC(=O)OC(/C=C\CCOC(=N)C(Cl)(Cl)Cl)C(C)C. The average Bonchev–Trinajstić information content (AvgIpc) is 2.24. The van der Waals surface area contributed by atoms with Crippen LogP contribution >= 0.6 is 34.8 Å². The highest BCUT2D eigenvalue weighted by molar-refractivity contribution is 6.76. The van der Waals surface area contributed by atoms with Gasteiger partial charge in [0.1, 0.15) is 6.10 Å². The number of carbonyl (C=O) groups excluding carboxylic acids is 1. The molecule has 1 atom stereocenters. The van der Waals surface area contributed by atoms with E-state index in [0.29, 0.717) is 6.42 Å². The number of hydrogen-bond donors (Lipinski definition) is 1. The van der Waals surface area contributed by atoms with E-state index in [4.69, 9.17) is 49.7 Å². The summed E-state index contributed by atoms with van der Waals surface area (Å²) in [5.41, 5.74) is 0. The minimum Gasteiger partial charge on any atom is -0.478 e. The van der Waals surface area contributed by atoms with Crippen LogP contribution in [0.15, 0.2) is 12.2 Å². The van der Waals surface area contributed by atoms with Gasteiger partial charge >= 0.3 is 5.97 Å². The summed E-state index contributed by atoms with van der Waals surface area (Å²) >= 11 is 16.4. The summed E-state index contributed by atoms with van der Waals surface area (Å²) in [7, 11) is 0. The molecule has 7 heteroatoms. The molecular formula is C12H18Cl3NO3. The zero-order chi connectivity index (χ0) is 15.1. The Morgan fingerprint density at radius 2 is 1.95 bits per heavy atom. The summed E-state index contributed by atoms with van der Waals surface area (Å²) in [6.07, 6.45) is 3.84. The van der Waals surface area contributed by atoms with Gasteiger partial charge < -0.3 is 9.47 Å². The minimum absolute atomic E-state index is 0.181. The van der Waals surface area contributed by atoms with E-state index in [9.17, 15) is 4.79 Å². The van der Waals surface area contributed by atoms with E-state index in [2.05, 4.69) is 0 Å². The van der Waals surface area contributed by atoms with Crippen LogP contribution in [-0.4, -0.2) is 28.4 Å². The number of ether oxygens (including phenoxy) is 2. The number of nitrogens with one attached hydrogen (secondary N) is 1. The molecule has 0 aliphatic rings. The summed E-state index contributed by atoms with van der Waals surface area (Å²) in [4.78, 5) is 10.9. The first-order chi connectivity index (χ1) is 8.64. The second-order valence-electron chi connectivity index (χ2n) is 4.21. The Bertz CT molecular complexity index is 338. The molecule has 0 aromatic heterocycles. The Morgan fingerprint density at radius 1 is 1.37 bits per heavy atom. The molecule has 0 aromatic carbocycles. The van der Waals surface area contributed by atoms with E-state index in [1.54, 1.807) is 12.2 Å². The van der Waals surface area contributed by atoms with Crippen molar-refractivity contribution in [1.29, 1.82) is 5.41 Å². The monoisotopic (exact) mass is 329 g/mol. The van der Waals surface area contributed by atoms with E-state index in [0.717, 1.165) is 0 Å². The molecule has 0 bridgehead atoms. The van der Waals surface area contributed by atoms with Crippen molar-refractivity contribution in [2.24, 2.45) is 5.92 Å². The van der Waals surface area contributed by atoms with Gasteiger partial charge in [0.15, 0.2) is 0 Å². The van der Waals surface area contributed by atoms with Gasteiger partial charge in [0.05, 0.1) is 6.61 Å². The van der Waals surface area contributed by atoms with Crippen molar-refractivity contribution in [1.82, 2.24) is 0 Å². The van der Waals surface area contributed by atoms with Crippen LogP contribution in [0.3, 0.4) is 0 Å². The third kappa shape index (κ3) is 9.14. The number of hydrogen-bond acceptors (Lipinski definition) is 4. The van der Waals surface area contributed by atoms with Crippen molar-refractivity contribution in [2.75, 3.05) is 6.61 Å². The number of halogens is 3. The molecule has 4 nitrogen and oxygen atoms in total. The fourth-order valence-electron chi connectivity index (χ4n) is 1.13. The van der Waals surface area contributed by atoms with Crippen molar-refractivity contribution in [3.05, 3.63) is 12.2 Å². The smallest absolute Gasteiger partial charge is 0.303 e.